The van der Waals surface area contributed by atoms with Crippen molar-refractivity contribution in [3.05, 3.63) is 0 Å². The zero-order valence-corrected chi connectivity index (χ0v) is 14.3. The first kappa shape index (κ1) is 16.9. The number of rotatable bonds is 6. The van der Waals surface area contributed by atoms with Gasteiger partial charge in [0.05, 0.1) is 13.2 Å². The lowest BCUT2D eigenvalue weighted by molar-refractivity contribution is 0.112. The second-order valence-corrected chi connectivity index (χ2v) is 7.46. The van der Waals surface area contributed by atoms with Crippen molar-refractivity contribution >= 4 is 17.7 Å². The van der Waals surface area contributed by atoms with Crippen LogP contribution in [0.15, 0.2) is 4.99 Å². The molecule has 5 nitrogen and oxygen atoms in total. The Bertz CT molecular complexity index is 339. The van der Waals surface area contributed by atoms with E-state index >= 15 is 0 Å². The molecule has 122 valence electrons. The fourth-order valence-corrected chi connectivity index (χ4v) is 4.37. The van der Waals surface area contributed by atoms with Crippen molar-refractivity contribution in [1.82, 2.24) is 10.2 Å². The number of guanidine groups is 1. The number of nitrogens with two attached hydrogens (primary N) is 1. The summed E-state index contributed by atoms with van der Waals surface area (Å²) in [5.74, 6) is 3.06. The predicted octanol–water partition coefficient (Wildman–Crippen LogP) is 1.29. The smallest absolute Gasteiger partial charge is 0.188 e. The molecule has 1 heterocycles. The van der Waals surface area contributed by atoms with Crippen LogP contribution in [0.2, 0.25) is 0 Å². The lowest BCUT2D eigenvalue weighted by atomic mass is 9.95. The fraction of sp³-hybridized carbons (Fsp3) is 0.933. The van der Waals surface area contributed by atoms with E-state index < -0.39 is 0 Å². The summed E-state index contributed by atoms with van der Waals surface area (Å²) in [5, 5.41) is 3.21. The number of thioether (sulfide) groups is 1. The second kappa shape index (κ2) is 8.25. The minimum Gasteiger partial charge on any atom is -0.383 e. The SMILES string of the molecule is COCC(C)NC(N)=NCC1(N2CCSCC2)CCCC1. The molecular formula is C15H30N4OS. The molecule has 1 unspecified atom stereocenters. The highest BCUT2D eigenvalue weighted by molar-refractivity contribution is 7.99. The third-order valence-electron chi connectivity index (χ3n) is 4.57. The van der Waals surface area contributed by atoms with Crippen LogP contribution >= 0.6 is 11.8 Å². The van der Waals surface area contributed by atoms with Crippen LogP contribution in [0, 0.1) is 0 Å². The normalized spacial score (nSPS) is 25.0. The lowest BCUT2D eigenvalue weighted by Crippen LogP contribution is -2.53. The average Bonchev–Trinajstić information content (AvgIpc) is 2.96. The Morgan fingerprint density at radius 1 is 1.38 bits per heavy atom. The minimum atomic E-state index is 0.199. The Labute approximate surface area is 133 Å². The molecule has 1 atom stereocenters. The summed E-state index contributed by atoms with van der Waals surface area (Å²) >= 11 is 2.07. The molecule has 3 N–H and O–H groups in total. The number of nitrogens with one attached hydrogen (secondary N) is 1. The highest BCUT2D eigenvalue weighted by Crippen LogP contribution is 2.36. The maximum Gasteiger partial charge on any atom is 0.188 e. The molecule has 1 aliphatic heterocycles. The van der Waals surface area contributed by atoms with Gasteiger partial charge in [-0.3, -0.25) is 9.89 Å². The van der Waals surface area contributed by atoms with E-state index in [2.05, 4.69) is 33.9 Å². The Kier molecular flexibility index (Phi) is 6.64. The molecule has 0 bridgehead atoms. The molecule has 0 aromatic carbocycles. The molecule has 0 aromatic rings. The maximum absolute atomic E-state index is 6.03. The van der Waals surface area contributed by atoms with Crippen LogP contribution in [0.3, 0.4) is 0 Å². The zero-order valence-electron chi connectivity index (χ0n) is 13.4. The summed E-state index contributed by atoms with van der Waals surface area (Å²) in [6.07, 6.45) is 5.18. The molecule has 2 rings (SSSR count). The van der Waals surface area contributed by atoms with Crippen molar-refractivity contribution in [3.8, 4) is 0 Å². The quantitative estimate of drug-likeness (QED) is 0.571. The van der Waals surface area contributed by atoms with Gasteiger partial charge >= 0.3 is 0 Å². The Hall–Kier alpha value is -0.460. The molecule has 21 heavy (non-hydrogen) atoms. The second-order valence-electron chi connectivity index (χ2n) is 6.23. The predicted molar refractivity (Wildman–Crippen MR) is 91.1 cm³/mol. The first-order chi connectivity index (χ1) is 10.2. The van der Waals surface area contributed by atoms with Gasteiger partial charge in [0.25, 0.3) is 0 Å². The van der Waals surface area contributed by atoms with E-state index in [4.69, 9.17) is 10.5 Å². The summed E-state index contributed by atoms with van der Waals surface area (Å²) < 4.78 is 5.11. The molecule has 0 spiro atoms. The molecule has 0 aromatic heterocycles. The summed E-state index contributed by atoms with van der Waals surface area (Å²) in [6, 6.07) is 0.199. The number of nitrogens with zero attached hydrogens (tertiary/aromatic N) is 2. The largest absolute Gasteiger partial charge is 0.383 e. The monoisotopic (exact) mass is 314 g/mol. The van der Waals surface area contributed by atoms with Crippen LogP contribution in [0.4, 0.5) is 0 Å². The van der Waals surface area contributed by atoms with Crippen molar-refractivity contribution in [2.24, 2.45) is 10.7 Å². The number of hydrogen-bond acceptors (Lipinski definition) is 4. The van der Waals surface area contributed by atoms with E-state index in [1.165, 1.54) is 50.3 Å². The van der Waals surface area contributed by atoms with Gasteiger partial charge in [-0.25, -0.2) is 0 Å². The summed E-state index contributed by atoms with van der Waals surface area (Å²) in [4.78, 5) is 7.33. The Morgan fingerprint density at radius 2 is 2.05 bits per heavy atom. The molecular weight excluding hydrogens is 284 g/mol. The van der Waals surface area contributed by atoms with Crippen molar-refractivity contribution in [3.63, 3.8) is 0 Å². The number of methoxy groups -OCH3 is 1. The fourth-order valence-electron chi connectivity index (χ4n) is 3.47. The summed E-state index contributed by atoms with van der Waals surface area (Å²) in [5.41, 5.74) is 6.29. The third-order valence-corrected chi connectivity index (χ3v) is 5.51. The van der Waals surface area contributed by atoms with Crippen LogP contribution in [0.25, 0.3) is 0 Å². The molecule has 1 saturated carbocycles. The van der Waals surface area contributed by atoms with Gasteiger partial charge in [-0.15, -0.1) is 0 Å². The van der Waals surface area contributed by atoms with E-state index in [0.29, 0.717) is 12.6 Å². The first-order valence-corrected chi connectivity index (χ1v) is 9.20. The first-order valence-electron chi connectivity index (χ1n) is 8.04. The van der Waals surface area contributed by atoms with E-state index in [9.17, 15) is 0 Å². The van der Waals surface area contributed by atoms with Gasteiger partial charge < -0.3 is 15.8 Å². The highest BCUT2D eigenvalue weighted by Gasteiger charge is 2.39. The lowest BCUT2D eigenvalue weighted by Gasteiger charge is -2.42. The maximum atomic E-state index is 6.03. The zero-order chi connectivity index (χ0) is 15.1. The van der Waals surface area contributed by atoms with Crippen LogP contribution in [-0.2, 0) is 4.74 Å². The molecule has 6 heteroatoms. The highest BCUT2D eigenvalue weighted by atomic mass is 32.2. The van der Waals surface area contributed by atoms with E-state index in [1.807, 2.05) is 0 Å². The van der Waals surface area contributed by atoms with Crippen LogP contribution in [0.1, 0.15) is 32.6 Å². The van der Waals surface area contributed by atoms with Gasteiger partial charge in [-0.1, -0.05) is 12.8 Å². The summed E-state index contributed by atoms with van der Waals surface area (Å²) in [6.45, 7) is 5.93. The molecule has 1 aliphatic carbocycles. The topological polar surface area (TPSA) is 62.9 Å². The van der Waals surface area contributed by atoms with E-state index in [0.717, 1.165) is 6.54 Å². The van der Waals surface area contributed by atoms with Gasteiger partial charge in [-0.2, -0.15) is 11.8 Å². The van der Waals surface area contributed by atoms with Crippen LogP contribution in [0.5, 0.6) is 0 Å². The standard InChI is InChI=1S/C15H30N4OS/c1-13(11-20-2)18-14(16)17-12-15(5-3-4-6-15)19-7-9-21-10-8-19/h13H,3-12H2,1-2H3,(H3,16,17,18). The molecule has 0 amide bonds. The van der Waals surface area contributed by atoms with Crippen LogP contribution < -0.4 is 11.1 Å². The van der Waals surface area contributed by atoms with E-state index in [1.54, 1.807) is 7.11 Å². The van der Waals surface area contributed by atoms with Crippen LogP contribution in [-0.4, -0.2) is 67.3 Å². The van der Waals surface area contributed by atoms with Gasteiger partial charge in [0.1, 0.15) is 0 Å². The Morgan fingerprint density at radius 3 is 2.67 bits per heavy atom. The number of ether oxygens (including phenoxy) is 1. The van der Waals surface area contributed by atoms with Crippen molar-refractivity contribution in [2.45, 2.75) is 44.2 Å². The van der Waals surface area contributed by atoms with E-state index in [-0.39, 0.29) is 11.6 Å². The van der Waals surface area contributed by atoms with Crippen molar-refractivity contribution < 1.29 is 4.74 Å². The number of hydrogen-bond donors (Lipinski definition) is 2. The molecule has 0 radical (unpaired) electrons. The van der Waals surface area contributed by atoms with Gasteiger partial charge in [0.15, 0.2) is 5.96 Å². The number of aliphatic imine (C=N–C) groups is 1. The average molecular weight is 314 g/mol. The van der Waals surface area contributed by atoms with Gasteiger partial charge in [-0.05, 0) is 19.8 Å². The molecule has 2 fully saturated rings. The van der Waals surface area contributed by atoms with Crippen molar-refractivity contribution in [1.29, 1.82) is 0 Å². The Balaban J connectivity index is 1.93. The van der Waals surface area contributed by atoms with Gasteiger partial charge in [0.2, 0.25) is 0 Å². The van der Waals surface area contributed by atoms with Crippen molar-refractivity contribution in [2.75, 3.05) is 44.9 Å². The molecule has 1 saturated heterocycles. The third kappa shape index (κ3) is 4.76. The molecule has 2 aliphatic rings. The minimum absolute atomic E-state index is 0.199. The summed E-state index contributed by atoms with van der Waals surface area (Å²) in [7, 11) is 1.70. The van der Waals surface area contributed by atoms with Gasteiger partial charge in [0, 0.05) is 43.3 Å².